The van der Waals surface area contributed by atoms with Crippen molar-refractivity contribution in [3.8, 4) is 11.3 Å². The van der Waals surface area contributed by atoms with Crippen molar-refractivity contribution in [3.05, 3.63) is 45.9 Å². The van der Waals surface area contributed by atoms with Crippen LogP contribution in [0.5, 0.6) is 0 Å². The molecular formula is C13H10Cl2F2N2. The van der Waals surface area contributed by atoms with Gasteiger partial charge in [-0.2, -0.15) is 0 Å². The average molecular weight is 303 g/mol. The molecule has 0 unspecified atom stereocenters. The molecule has 0 bridgehead atoms. The third-order valence-electron chi connectivity index (χ3n) is 2.46. The van der Waals surface area contributed by atoms with E-state index in [1.165, 1.54) is 6.07 Å². The maximum atomic E-state index is 13.7. The summed E-state index contributed by atoms with van der Waals surface area (Å²) in [7, 11) is 0. The zero-order valence-electron chi connectivity index (χ0n) is 9.98. The van der Waals surface area contributed by atoms with Crippen molar-refractivity contribution in [3.63, 3.8) is 0 Å². The molecule has 2 nitrogen and oxygen atoms in total. The molecule has 6 heteroatoms. The molecule has 1 heterocycles. The van der Waals surface area contributed by atoms with Gasteiger partial charge in [-0.15, -0.1) is 0 Å². The molecule has 0 saturated carbocycles. The number of aromatic nitrogens is 1. The molecule has 0 aliphatic rings. The van der Waals surface area contributed by atoms with Gasteiger partial charge in [-0.1, -0.05) is 23.2 Å². The molecule has 1 aromatic carbocycles. The van der Waals surface area contributed by atoms with Gasteiger partial charge in [0.05, 0.1) is 15.7 Å². The van der Waals surface area contributed by atoms with E-state index in [4.69, 9.17) is 23.2 Å². The summed E-state index contributed by atoms with van der Waals surface area (Å²) in [5, 5.41) is 3.42. The second-order valence-electron chi connectivity index (χ2n) is 3.80. The summed E-state index contributed by atoms with van der Waals surface area (Å²) < 4.78 is 26.9. The fourth-order valence-corrected chi connectivity index (χ4v) is 2.15. The van der Waals surface area contributed by atoms with Crippen molar-refractivity contribution >= 4 is 29.0 Å². The monoisotopic (exact) mass is 302 g/mol. The topological polar surface area (TPSA) is 24.9 Å². The summed E-state index contributed by atoms with van der Waals surface area (Å²) >= 11 is 12.0. The SMILES string of the molecule is CCNc1nc(-c2cc(F)ccc2F)c(Cl)cc1Cl. The summed E-state index contributed by atoms with van der Waals surface area (Å²) in [5.41, 5.74) is 0.153. The van der Waals surface area contributed by atoms with Crippen LogP contribution >= 0.6 is 23.2 Å². The zero-order chi connectivity index (χ0) is 14.0. The Kier molecular flexibility index (Phi) is 4.22. The summed E-state index contributed by atoms with van der Waals surface area (Å²) in [6.07, 6.45) is 0. The van der Waals surface area contributed by atoms with Gasteiger partial charge in [-0.25, -0.2) is 13.8 Å². The minimum Gasteiger partial charge on any atom is -0.369 e. The van der Waals surface area contributed by atoms with Gasteiger partial charge in [0.15, 0.2) is 0 Å². The maximum absolute atomic E-state index is 13.7. The average Bonchev–Trinajstić information content (AvgIpc) is 2.36. The molecule has 0 aliphatic carbocycles. The summed E-state index contributed by atoms with van der Waals surface area (Å²) in [4.78, 5) is 4.15. The van der Waals surface area contributed by atoms with Gasteiger partial charge in [0.25, 0.3) is 0 Å². The molecule has 2 rings (SSSR count). The van der Waals surface area contributed by atoms with E-state index in [0.717, 1.165) is 18.2 Å². The van der Waals surface area contributed by atoms with Crippen molar-refractivity contribution in [2.75, 3.05) is 11.9 Å². The van der Waals surface area contributed by atoms with E-state index in [1.54, 1.807) is 0 Å². The van der Waals surface area contributed by atoms with Crippen LogP contribution in [0.2, 0.25) is 10.0 Å². The number of hydrogen-bond acceptors (Lipinski definition) is 2. The smallest absolute Gasteiger partial charge is 0.145 e. The third kappa shape index (κ3) is 2.96. The molecule has 1 N–H and O–H groups in total. The Morgan fingerprint density at radius 1 is 1.16 bits per heavy atom. The van der Waals surface area contributed by atoms with Crippen LogP contribution in [-0.4, -0.2) is 11.5 Å². The molecule has 0 fully saturated rings. The molecule has 100 valence electrons. The lowest BCUT2D eigenvalue weighted by atomic mass is 10.1. The Bertz CT molecular complexity index is 618. The Balaban J connectivity index is 2.61. The van der Waals surface area contributed by atoms with E-state index in [9.17, 15) is 8.78 Å². The number of pyridine rings is 1. The van der Waals surface area contributed by atoms with Crippen molar-refractivity contribution in [2.24, 2.45) is 0 Å². The normalized spacial score (nSPS) is 10.6. The number of halogens is 4. The first-order valence-corrected chi connectivity index (χ1v) is 6.34. The minimum absolute atomic E-state index is 0.000759. The molecule has 19 heavy (non-hydrogen) atoms. The highest BCUT2D eigenvalue weighted by Gasteiger charge is 2.15. The van der Waals surface area contributed by atoms with Crippen LogP contribution in [-0.2, 0) is 0 Å². The first-order chi connectivity index (χ1) is 9.02. The van der Waals surface area contributed by atoms with Crippen LogP contribution < -0.4 is 5.32 Å². The van der Waals surface area contributed by atoms with E-state index >= 15 is 0 Å². The van der Waals surface area contributed by atoms with Crippen LogP contribution in [0.1, 0.15) is 6.92 Å². The lowest BCUT2D eigenvalue weighted by molar-refractivity contribution is 0.602. The number of nitrogens with zero attached hydrogens (tertiary/aromatic N) is 1. The van der Waals surface area contributed by atoms with Gasteiger partial charge in [-0.3, -0.25) is 0 Å². The summed E-state index contributed by atoms with van der Waals surface area (Å²) in [6.45, 7) is 2.47. The van der Waals surface area contributed by atoms with Gasteiger partial charge in [-0.05, 0) is 31.2 Å². The fraction of sp³-hybridized carbons (Fsp3) is 0.154. The zero-order valence-corrected chi connectivity index (χ0v) is 11.5. The van der Waals surface area contributed by atoms with E-state index in [1.807, 2.05) is 6.92 Å². The maximum Gasteiger partial charge on any atom is 0.145 e. The summed E-state index contributed by atoms with van der Waals surface area (Å²) in [5.74, 6) is -0.776. The van der Waals surface area contributed by atoms with Crippen molar-refractivity contribution in [1.29, 1.82) is 0 Å². The second-order valence-corrected chi connectivity index (χ2v) is 4.62. The first-order valence-electron chi connectivity index (χ1n) is 5.58. The number of rotatable bonds is 3. The van der Waals surface area contributed by atoms with E-state index < -0.39 is 11.6 Å². The van der Waals surface area contributed by atoms with Crippen LogP contribution in [0.4, 0.5) is 14.6 Å². The lowest BCUT2D eigenvalue weighted by Crippen LogP contribution is -2.02. The Morgan fingerprint density at radius 2 is 1.89 bits per heavy atom. The third-order valence-corrected chi connectivity index (χ3v) is 3.03. The molecule has 0 saturated heterocycles. The highest BCUT2D eigenvalue weighted by Crippen LogP contribution is 2.33. The quantitative estimate of drug-likeness (QED) is 0.884. The molecule has 2 aromatic rings. The van der Waals surface area contributed by atoms with Crippen LogP contribution in [0.25, 0.3) is 11.3 Å². The molecule has 0 atom stereocenters. The Morgan fingerprint density at radius 3 is 2.58 bits per heavy atom. The van der Waals surface area contributed by atoms with Crippen LogP contribution in [0.3, 0.4) is 0 Å². The van der Waals surface area contributed by atoms with Crippen molar-refractivity contribution in [1.82, 2.24) is 4.98 Å². The highest BCUT2D eigenvalue weighted by molar-refractivity contribution is 6.37. The number of hydrogen-bond donors (Lipinski definition) is 1. The predicted molar refractivity (Wildman–Crippen MR) is 73.8 cm³/mol. The number of anilines is 1. The van der Waals surface area contributed by atoms with Crippen molar-refractivity contribution in [2.45, 2.75) is 6.92 Å². The number of nitrogens with one attached hydrogen (secondary N) is 1. The van der Waals surface area contributed by atoms with Crippen LogP contribution in [0, 0.1) is 11.6 Å². The van der Waals surface area contributed by atoms with Crippen molar-refractivity contribution < 1.29 is 8.78 Å². The predicted octanol–water partition coefficient (Wildman–Crippen LogP) is 4.77. The Labute approximate surface area is 119 Å². The molecule has 1 aromatic heterocycles. The first kappa shape index (κ1) is 14.0. The van der Waals surface area contributed by atoms with Crippen LogP contribution in [0.15, 0.2) is 24.3 Å². The lowest BCUT2D eigenvalue weighted by Gasteiger charge is -2.10. The fourth-order valence-electron chi connectivity index (χ4n) is 1.63. The highest BCUT2D eigenvalue weighted by atomic mass is 35.5. The van der Waals surface area contributed by atoms with E-state index in [0.29, 0.717) is 17.4 Å². The largest absolute Gasteiger partial charge is 0.369 e. The van der Waals surface area contributed by atoms with Gasteiger partial charge >= 0.3 is 0 Å². The molecule has 0 aliphatic heterocycles. The molecule has 0 amide bonds. The molecule has 0 spiro atoms. The molecule has 0 radical (unpaired) electrons. The number of benzene rings is 1. The standard InChI is InChI=1S/C13H10Cl2F2N2/c1-2-18-13-10(15)6-9(14)12(19-13)8-5-7(16)3-4-11(8)17/h3-6H,2H2,1H3,(H,18,19). The minimum atomic E-state index is -0.597. The Hall–Kier alpha value is -1.39. The van der Waals surface area contributed by atoms with E-state index in [-0.39, 0.29) is 16.3 Å². The van der Waals surface area contributed by atoms with Gasteiger partial charge < -0.3 is 5.32 Å². The molecular weight excluding hydrogens is 293 g/mol. The van der Waals surface area contributed by atoms with Gasteiger partial charge in [0.1, 0.15) is 17.5 Å². The second kappa shape index (κ2) is 5.72. The van der Waals surface area contributed by atoms with E-state index in [2.05, 4.69) is 10.3 Å². The van der Waals surface area contributed by atoms with Gasteiger partial charge in [0, 0.05) is 12.1 Å². The van der Waals surface area contributed by atoms with Gasteiger partial charge in [0.2, 0.25) is 0 Å². The summed E-state index contributed by atoms with van der Waals surface area (Å²) in [6, 6.07) is 4.57.